The molecular formula is C22H20N2O5S. The summed E-state index contributed by atoms with van der Waals surface area (Å²) in [4.78, 5) is 31.3. The Hall–Kier alpha value is -3.26. The fourth-order valence-corrected chi connectivity index (χ4v) is 4.20. The van der Waals surface area contributed by atoms with Gasteiger partial charge in [0.15, 0.2) is 5.17 Å². The van der Waals surface area contributed by atoms with E-state index in [1.807, 2.05) is 24.3 Å². The predicted octanol–water partition coefficient (Wildman–Crippen LogP) is 3.50. The number of thioether (sulfide) groups is 1. The number of rotatable bonds is 5. The highest BCUT2D eigenvalue weighted by atomic mass is 32.2. The van der Waals surface area contributed by atoms with Gasteiger partial charge in [0.2, 0.25) is 0 Å². The van der Waals surface area contributed by atoms with Crippen LogP contribution in [0.15, 0.2) is 59.2 Å². The summed E-state index contributed by atoms with van der Waals surface area (Å²) in [6.07, 6.45) is 2.30. The number of carbonyl (C=O) groups excluding carboxylic acids is 2. The molecule has 7 nitrogen and oxygen atoms in total. The number of ether oxygens (including phenoxy) is 3. The maximum atomic E-state index is 13.2. The van der Waals surface area contributed by atoms with E-state index >= 15 is 0 Å². The van der Waals surface area contributed by atoms with E-state index in [1.54, 1.807) is 44.6 Å². The zero-order valence-electron chi connectivity index (χ0n) is 16.5. The first kappa shape index (κ1) is 20.0. The highest BCUT2D eigenvalue weighted by molar-refractivity contribution is 8.15. The van der Waals surface area contributed by atoms with Crippen LogP contribution in [0.2, 0.25) is 0 Å². The fourth-order valence-electron chi connectivity index (χ4n) is 3.12. The van der Waals surface area contributed by atoms with Crippen LogP contribution in [0.3, 0.4) is 0 Å². The van der Waals surface area contributed by atoms with Gasteiger partial charge in [-0.15, -0.1) is 0 Å². The molecule has 1 fully saturated rings. The summed E-state index contributed by atoms with van der Waals surface area (Å²) in [5, 5.41) is 0.0573. The first-order valence-electron chi connectivity index (χ1n) is 9.35. The Morgan fingerprint density at radius 3 is 2.53 bits per heavy atom. The lowest BCUT2D eigenvalue weighted by Crippen LogP contribution is -2.32. The summed E-state index contributed by atoms with van der Waals surface area (Å²) in [7, 11) is 3.17. The van der Waals surface area contributed by atoms with E-state index in [9.17, 15) is 9.59 Å². The molecule has 2 aromatic rings. The number of esters is 1. The summed E-state index contributed by atoms with van der Waals surface area (Å²) < 4.78 is 15.5. The van der Waals surface area contributed by atoms with Gasteiger partial charge < -0.3 is 14.2 Å². The lowest BCUT2D eigenvalue weighted by Gasteiger charge is -2.19. The van der Waals surface area contributed by atoms with Crippen molar-refractivity contribution in [3.05, 3.63) is 59.8 Å². The van der Waals surface area contributed by atoms with E-state index in [4.69, 9.17) is 14.2 Å². The topological polar surface area (TPSA) is 77.4 Å². The Bertz CT molecular complexity index is 1030. The maximum absolute atomic E-state index is 13.2. The predicted molar refractivity (Wildman–Crippen MR) is 116 cm³/mol. The van der Waals surface area contributed by atoms with Gasteiger partial charge in [0.05, 0.1) is 26.5 Å². The molecule has 0 spiro atoms. The normalized spacial score (nSPS) is 19.8. The van der Waals surface area contributed by atoms with Crippen molar-refractivity contribution in [2.24, 2.45) is 4.99 Å². The molecule has 0 aliphatic carbocycles. The van der Waals surface area contributed by atoms with Crippen molar-refractivity contribution in [2.75, 3.05) is 25.7 Å². The number of hydrogen-bond acceptors (Lipinski definition) is 7. The van der Waals surface area contributed by atoms with E-state index in [0.29, 0.717) is 29.6 Å². The van der Waals surface area contributed by atoms with Gasteiger partial charge in [0.1, 0.15) is 22.4 Å². The quantitative estimate of drug-likeness (QED) is 0.540. The number of methoxy groups -OCH3 is 2. The van der Waals surface area contributed by atoms with Crippen LogP contribution in [-0.2, 0) is 14.3 Å². The summed E-state index contributed by atoms with van der Waals surface area (Å²) in [6, 6.07) is 14.5. The molecule has 4 rings (SSSR count). The number of anilines is 1. The lowest BCUT2D eigenvalue weighted by atomic mass is 10.2. The minimum atomic E-state index is -0.384. The largest absolute Gasteiger partial charge is 0.497 e. The molecule has 1 amide bonds. The number of cyclic esters (lactones) is 1. The average molecular weight is 424 g/mol. The summed E-state index contributed by atoms with van der Waals surface area (Å²) >= 11 is 1.24. The second-order valence-corrected chi connectivity index (χ2v) is 7.77. The summed E-state index contributed by atoms with van der Waals surface area (Å²) in [5.41, 5.74) is 1.73. The van der Waals surface area contributed by atoms with Gasteiger partial charge in [0.25, 0.3) is 5.91 Å². The molecule has 0 aromatic heterocycles. The second kappa shape index (κ2) is 8.62. The Morgan fingerprint density at radius 2 is 1.87 bits per heavy atom. The molecule has 154 valence electrons. The number of aliphatic imine (C=N–C) groups is 1. The third kappa shape index (κ3) is 4.04. The monoisotopic (exact) mass is 424 g/mol. The Kier molecular flexibility index (Phi) is 5.76. The Labute approximate surface area is 178 Å². The molecule has 0 radical (unpaired) electrons. The van der Waals surface area contributed by atoms with Crippen molar-refractivity contribution in [2.45, 2.75) is 11.7 Å². The van der Waals surface area contributed by atoms with Crippen LogP contribution in [0.1, 0.15) is 12.0 Å². The van der Waals surface area contributed by atoms with Crippen LogP contribution < -0.4 is 14.4 Å². The smallest absolute Gasteiger partial charge is 0.319 e. The van der Waals surface area contributed by atoms with E-state index in [1.165, 1.54) is 16.7 Å². The van der Waals surface area contributed by atoms with Crippen LogP contribution in [0.25, 0.3) is 6.08 Å². The fraction of sp³-hybridized carbons (Fsp3) is 0.227. The van der Waals surface area contributed by atoms with Gasteiger partial charge in [-0.25, -0.2) is 4.99 Å². The summed E-state index contributed by atoms with van der Waals surface area (Å²) in [5.74, 6) is 0.797. The van der Waals surface area contributed by atoms with Crippen molar-refractivity contribution in [1.82, 2.24) is 0 Å². The number of hydrogen-bond donors (Lipinski definition) is 0. The average Bonchev–Trinajstić information content (AvgIpc) is 3.31. The molecule has 2 aliphatic heterocycles. The SMILES string of the molecule is COc1ccc(/C=C2\N=C(SC3CCOC3=O)N(c3cccc(OC)c3)C2=O)cc1. The number of benzene rings is 2. The minimum Gasteiger partial charge on any atom is -0.497 e. The molecule has 2 aromatic carbocycles. The highest BCUT2D eigenvalue weighted by Gasteiger charge is 2.37. The van der Waals surface area contributed by atoms with Gasteiger partial charge in [-0.1, -0.05) is 30.0 Å². The van der Waals surface area contributed by atoms with Crippen LogP contribution in [-0.4, -0.2) is 43.1 Å². The number of amidine groups is 1. The van der Waals surface area contributed by atoms with Crippen LogP contribution in [0.4, 0.5) is 5.69 Å². The van der Waals surface area contributed by atoms with Gasteiger partial charge >= 0.3 is 5.97 Å². The van der Waals surface area contributed by atoms with Crippen LogP contribution >= 0.6 is 11.8 Å². The van der Waals surface area contributed by atoms with Crippen molar-refractivity contribution < 1.29 is 23.8 Å². The van der Waals surface area contributed by atoms with E-state index < -0.39 is 0 Å². The standard InChI is InChI=1S/C22H20N2O5S/c1-27-16-8-6-14(7-9-16)12-18-20(25)24(15-4-3-5-17(13-15)28-2)22(23-18)30-19-10-11-29-21(19)26/h3-9,12-13,19H,10-11H2,1-2H3/b18-12-. The molecular weight excluding hydrogens is 404 g/mol. The zero-order chi connectivity index (χ0) is 21.1. The second-order valence-electron chi connectivity index (χ2n) is 6.60. The first-order valence-corrected chi connectivity index (χ1v) is 10.2. The molecule has 1 atom stereocenters. The molecule has 0 saturated carbocycles. The van der Waals surface area contributed by atoms with Crippen LogP contribution in [0, 0.1) is 0 Å². The van der Waals surface area contributed by atoms with E-state index in [2.05, 4.69) is 4.99 Å². The van der Waals surface area contributed by atoms with Crippen LogP contribution in [0.5, 0.6) is 11.5 Å². The molecule has 8 heteroatoms. The van der Waals surface area contributed by atoms with Gasteiger partial charge in [0, 0.05) is 12.5 Å². The third-order valence-corrected chi connectivity index (χ3v) is 5.89. The van der Waals surface area contributed by atoms with Gasteiger partial charge in [-0.05, 0) is 35.9 Å². The summed E-state index contributed by atoms with van der Waals surface area (Å²) in [6.45, 7) is 0.380. The van der Waals surface area contributed by atoms with Crippen molar-refractivity contribution >= 4 is 40.6 Å². The van der Waals surface area contributed by atoms with E-state index in [0.717, 1.165) is 11.3 Å². The van der Waals surface area contributed by atoms with Gasteiger partial charge in [-0.2, -0.15) is 0 Å². The first-order chi connectivity index (χ1) is 14.6. The number of amides is 1. The maximum Gasteiger partial charge on any atom is 0.319 e. The number of carbonyl (C=O) groups is 2. The third-order valence-electron chi connectivity index (χ3n) is 4.70. The Morgan fingerprint density at radius 1 is 1.10 bits per heavy atom. The minimum absolute atomic E-state index is 0.270. The molecule has 0 N–H and O–H groups in total. The molecule has 2 heterocycles. The Balaban J connectivity index is 1.69. The van der Waals surface area contributed by atoms with E-state index in [-0.39, 0.29) is 22.8 Å². The highest BCUT2D eigenvalue weighted by Crippen LogP contribution is 2.34. The molecule has 1 unspecified atom stereocenters. The van der Waals surface area contributed by atoms with Crippen molar-refractivity contribution in [3.63, 3.8) is 0 Å². The number of nitrogens with zero attached hydrogens (tertiary/aromatic N) is 2. The zero-order valence-corrected chi connectivity index (χ0v) is 17.3. The molecule has 30 heavy (non-hydrogen) atoms. The molecule has 1 saturated heterocycles. The lowest BCUT2D eigenvalue weighted by molar-refractivity contribution is -0.137. The van der Waals surface area contributed by atoms with Crippen molar-refractivity contribution in [1.29, 1.82) is 0 Å². The molecule has 0 bridgehead atoms. The molecule has 2 aliphatic rings. The van der Waals surface area contributed by atoms with Gasteiger partial charge in [-0.3, -0.25) is 14.5 Å². The van der Waals surface area contributed by atoms with Crippen molar-refractivity contribution in [3.8, 4) is 11.5 Å².